The summed E-state index contributed by atoms with van der Waals surface area (Å²) in [5.41, 5.74) is 7.28. The summed E-state index contributed by atoms with van der Waals surface area (Å²) in [6.07, 6.45) is 8.30. The summed E-state index contributed by atoms with van der Waals surface area (Å²) in [5.74, 6) is 0. The Morgan fingerprint density at radius 2 is 1.89 bits per heavy atom. The zero-order chi connectivity index (χ0) is 11.9. The van der Waals surface area contributed by atoms with E-state index in [1.54, 1.807) is 0 Å². The molecule has 1 aromatic carbocycles. The van der Waals surface area contributed by atoms with Crippen molar-refractivity contribution in [2.75, 3.05) is 0 Å². The van der Waals surface area contributed by atoms with E-state index in [-0.39, 0.29) is 0 Å². The highest BCUT2D eigenvalue weighted by atomic mass is 15.0. The highest BCUT2D eigenvalue weighted by Crippen LogP contribution is 2.36. The minimum absolute atomic E-state index is 0.478. The van der Waals surface area contributed by atoms with E-state index in [4.69, 9.17) is 0 Å². The van der Waals surface area contributed by atoms with E-state index in [0.717, 1.165) is 19.5 Å². The van der Waals surface area contributed by atoms with Crippen LogP contribution in [0.3, 0.4) is 0 Å². The third-order valence-corrected chi connectivity index (χ3v) is 4.27. The van der Waals surface area contributed by atoms with Gasteiger partial charge in [-0.15, -0.1) is 0 Å². The molecule has 3 aliphatic rings. The average Bonchev–Trinajstić information content (AvgIpc) is 3.04. The highest BCUT2D eigenvalue weighted by molar-refractivity contribution is 5.43. The van der Waals surface area contributed by atoms with Crippen LogP contribution in [-0.2, 0) is 13.1 Å². The molecule has 0 saturated carbocycles. The van der Waals surface area contributed by atoms with Crippen molar-refractivity contribution >= 4 is 0 Å². The van der Waals surface area contributed by atoms with Crippen molar-refractivity contribution < 1.29 is 0 Å². The Hall–Kier alpha value is -1.54. The molecule has 1 atom stereocenters. The smallest absolute Gasteiger partial charge is 0.0554 e. The Labute approximate surface area is 108 Å². The van der Waals surface area contributed by atoms with Gasteiger partial charge < -0.3 is 10.6 Å². The van der Waals surface area contributed by atoms with Crippen LogP contribution < -0.4 is 10.6 Å². The molecule has 2 heterocycles. The van der Waals surface area contributed by atoms with Crippen LogP contribution in [0.1, 0.15) is 42.0 Å². The van der Waals surface area contributed by atoms with Gasteiger partial charge >= 0.3 is 0 Å². The first-order valence-electron chi connectivity index (χ1n) is 6.89. The van der Waals surface area contributed by atoms with E-state index in [1.807, 2.05) is 0 Å². The fourth-order valence-corrected chi connectivity index (χ4v) is 3.26. The minimum Gasteiger partial charge on any atom is -0.378 e. The van der Waals surface area contributed by atoms with Gasteiger partial charge in [-0.2, -0.15) is 0 Å². The largest absolute Gasteiger partial charge is 0.378 e. The lowest BCUT2D eigenvalue weighted by atomic mass is 9.97. The molecule has 4 rings (SSSR count). The minimum atomic E-state index is 0.478. The summed E-state index contributed by atoms with van der Waals surface area (Å²) in [7, 11) is 0. The summed E-state index contributed by atoms with van der Waals surface area (Å²) >= 11 is 0. The fraction of sp³-hybridized carbons (Fsp3) is 0.375. The lowest BCUT2D eigenvalue weighted by Crippen LogP contribution is -2.12. The molecule has 0 aromatic heterocycles. The predicted octanol–water partition coefficient (Wildman–Crippen LogP) is 2.93. The molecule has 1 saturated heterocycles. The molecule has 1 aliphatic carbocycles. The van der Waals surface area contributed by atoms with Crippen molar-refractivity contribution in [3.8, 4) is 0 Å². The summed E-state index contributed by atoms with van der Waals surface area (Å²) in [6, 6.07) is 7.44. The van der Waals surface area contributed by atoms with Crippen molar-refractivity contribution in [2.24, 2.45) is 0 Å². The molecule has 2 aliphatic heterocycles. The van der Waals surface area contributed by atoms with Crippen LogP contribution in [0.15, 0.2) is 41.6 Å². The first-order valence-corrected chi connectivity index (χ1v) is 6.89. The van der Waals surface area contributed by atoms with Crippen LogP contribution in [0.2, 0.25) is 0 Å². The van der Waals surface area contributed by atoms with Gasteiger partial charge in [-0.1, -0.05) is 30.4 Å². The van der Waals surface area contributed by atoms with Gasteiger partial charge in [0.2, 0.25) is 0 Å². The van der Waals surface area contributed by atoms with Crippen LogP contribution in [0, 0.1) is 0 Å². The number of hydrogen-bond acceptors (Lipinski definition) is 2. The van der Waals surface area contributed by atoms with E-state index in [1.165, 1.54) is 40.8 Å². The van der Waals surface area contributed by atoms with Gasteiger partial charge in [0.05, 0.1) is 6.04 Å². The van der Waals surface area contributed by atoms with Gasteiger partial charge in [0.15, 0.2) is 0 Å². The Bertz CT molecular complexity index is 532. The molecule has 2 nitrogen and oxygen atoms in total. The summed E-state index contributed by atoms with van der Waals surface area (Å²) < 4.78 is 0. The SMILES string of the molecule is C1=C2CC(c3ccc4c(c3)CNC4)NC2=CCC1. The van der Waals surface area contributed by atoms with Crippen LogP contribution >= 0.6 is 0 Å². The molecule has 0 radical (unpaired) electrons. The zero-order valence-electron chi connectivity index (χ0n) is 10.5. The first-order chi connectivity index (χ1) is 8.90. The lowest BCUT2D eigenvalue weighted by molar-refractivity contribution is 0.674. The van der Waals surface area contributed by atoms with Crippen molar-refractivity contribution in [1.29, 1.82) is 0 Å². The predicted molar refractivity (Wildman–Crippen MR) is 72.9 cm³/mol. The average molecular weight is 238 g/mol. The van der Waals surface area contributed by atoms with Gasteiger partial charge in [-0.25, -0.2) is 0 Å². The van der Waals surface area contributed by atoms with Crippen molar-refractivity contribution in [2.45, 2.75) is 38.4 Å². The van der Waals surface area contributed by atoms with Crippen LogP contribution in [0.25, 0.3) is 0 Å². The van der Waals surface area contributed by atoms with Gasteiger partial charge in [-0.05, 0) is 41.5 Å². The molecular weight excluding hydrogens is 220 g/mol. The second-order valence-corrected chi connectivity index (χ2v) is 5.46. The maximum absolute atomic E-state index is 3.67. The fourth-order valence-electron chi connectivity index (χ4n) is 3.26. The van der Waals surface area contributed by atoms with Crippen molar-refractivity contribution in [1.82, 2.24) is 10.6 Å². The summed E-state index contributed by atoms with van der Waals surface area (Å²) in [5, 5.41) is 7.08. The van der Waals surface area contributed by atoms with Gasteiger partial charge in [0.1, 0.15) is 0 Å². The molecule has 1 unspecified atom stereocenters. The van der Waals surface area contributed by atoms with E-state index in [0.29, 0.717) is 6.04 Å². The van der Waals surface area contributed by atoms with Gasteiger partial charge in [-0.3, -0.25) is 0 Å². The molecule has 0 bridgehead atoms. The Balaban J connectivity index is 1.65. The molecule has 2 N–H and O–H groups in total. The third kappa shape index (κ3) is 1.60. The van der Waals surface area contributed by atoms with Crippen molar-refractivity contribution in [3.63, 3.8) is 0 Å². The molecule has 2 heteroatoms. The molecule has 0 spiro atoms. The van der Waals surface area contributed by atoms with Gasteiger partial charge in [0, 0.05) is 18.8 Å². The number of benzene rings is 1. The van der Waals surface area contributed by atoms with E-state index in [2.05, 4.69) is 41.0 Å². The van der Waals surface area contributed by atoms with Gasteiger partial charge in [0.25, 0.3) is 0 Å². The van der Waals surface area contributed by atoms with Crippen LogP contribution in [0.4, 0.5) is 0 Å². The Morgan fingerprint density at radius 3 is 2.83 bits per heavy atom. The molecule has 92 valence electrons. The Morgan fingerprint density at radius 1 is 1.00 bits per heavy atom. The number of allylic oxidation sites excluding steroid dienone is 3. The summed E-state index contributed by atoms with van der Waals surface area (Å²) in [4.78, 5) is 0. The molecule has 1 aromatic rings. The van der Waals surface area contributed by atoms with E-state index < -0.39 is 0 Å². The number of nitrogens with one attached hydrogen (secondary N) is 2. The number of rotatable bonds is 1. The third-order valence-electron chi connectivity index (χ3n) is 4.27. The molecule has 18 heavy (non-hydrogen) atoms. The first kappa shape index (κ1) is 10.4. The highest BCUT2D eigenvalue weighted by Gasteiger charge is 2.26. The molecule has 0 amide bonds. The summed E-state index contributed by atoms with van der Waals surface area (Å²) in [6.45, 7) is 2.06. The molecule has 1 fully saturated rings. The number of fused-ring (bicyclic) bond motifs is 2. The maximum atomic E-state index is 3.67. The normalized spacial score (nSPS) is 25.0. The molecular formula is C16H18N2. The standard InChI is InChI=1S/C16H18N2/c1-2-4-15-11(3-1)8-16(18-15)12-5-6-13-9-17-10-14(13)7-12/h3-7,16-18H,1-2,8-10H2. The van der Waals surface area contributed by atoms with Crippen LogP contribution in [-0.4, -0.2) is 0 Å². The monoisotopic (exact) mass is 238 g/mol. The number of hydrogen-bond donors (Lipinski definition) is 2. The van der Waals surface area contributed by atoms with Crippen molar-refractivity contribution in [3.05, 3.63) is 58.3 Å². The second-order valence-electron chi connectivity index (χ2n) is 5.46. The lowest BCUT2D eigenvalue weighted by Gasteiger charge is -2.12. The second kappa shape index (κ2) is 3.99. The van der Waals surface area contributed by atoms with E-state index >= 15 is 0 Å². The van der Waals surface area contributed by atoms with E-state index in [9.17, 15) is 0 Å². The zero-order valence-corrected chi connectivity index (χ0v) is 10.5. The maximum Gasteiger partial charge on any atom is 0.0554 e. The topological polar surface area (TPSA) is 24.1 Å². The van der Waals surface area contributed by atoms with Crippen LogP contribution in [0.5, 0.6) is 0 Å². The quantitative estimate of drug-likeness (QED) is 0.786. The Kier molecular flexibility index (Phi) is 2.30.